The minimum absolute atomic E-state index is 0.0539. The lowest BCUT2D eigenvalue weighted by Gasteiger charge is -2.59. The Bertz CT molecular complexity index is 1190. The first kappa shape index (κ1) is 22.3. The highest BCUT2D eigenvalue weighted by molar-refractivity contribution is 6.31. The maximum atomic E-state index is 13.6. The third-order valence-corrected chi connectivity index (χ3v) is 7.16. The summed E-state index contributed by atoms with van der Waals surface area (Å²) in [4.78, 5) is 30.3. The zero-order valence-corrected chi connectivity index (χ0v) is 19.7. The largest absolute Gasteiger partial charge is 0.495 e. The molecule has 34 heavy (non-hydrogen) atoms. The van der Waals surface area contributed by atoms with Crippen LogP contribution in [0, 0.1) is 5.41 Å². The van der Waals surface area contributed by atoms with Gasteiger partial charge in [-0.15, -0.1) is 0 Å². The van der Waals surface area contributed by atoms with E-state index in [0.29, 0.717) is 42.4 Å². The topological polar surface area (TPSA) is 61.9 Å². The third-order valence-electron chi connectivity index (χ3n) is 6.92. The highest BCUT2D eigenvalue weighted by atomic mass is 35.5. The summed E-state index contributed by atoms with van der Waals surface area (Å²) in [5.41, 5.74) is 2.03. The smallest absolute Gasteiger partial charge is 0.321 e. The van der Waals surface area contributed by atoms with Gasteiger partial charge in [-0.25, -0.2) is 4.79 Å². The molecule has 1 spiro atoms. The summed E-state index contributed by atoms with van der Waals surface area (Å²) in [5.74, 6) is 0.673. The second-order valence-electron chi connectivity index (χ2n) is 8.74. The fraction of sp³-hybridized carbons (Fsp3) is 0.259. The van der Waals surface area contributed by atoms with E-state index in [4.69, 9.17) is 16.3 Å². The SMILES string of the molecule is COc1ccc(Cl)cc1NC(=O)N1CCC2(CC1)C(=O)N(c1ccccc1)C2c1ccccc1. The number of amides is 3. The van der Waals surface area contributed by atoms with Crippen LogP contribution in [0.15, 0.2) is 78.9 Å². The molecule has 2 saturated heterocycles. The maximum absolute atomic E-state index is 13.6. The number of β-lactam (4-membered cyclic amide) rings is 1. The van der Waals surface area contributed by atoms with Crippen molar-refractivity contribution in [2.45, 2.75) is 18.9 Å². The zero-order valence-electron chi connectivity index (χ0n) is 18.9. The number of methoxy groups -OCH3 is 1. The number of halogens is 1. The second kappa shape index (κ2) is 9.03. The van der Waals surface area contributed by atoms with Crippen molar-refractivity contribution in [2.24, 2.45) is 5.41 Å². The molecule has 2 heterocycles. The Morgan fingerprint density at radius 1 is 1.00 bits per heavy atom. The zero-order chi connectivity index (χ0) is 23.7. The van der Waals surface area contributed by atoms with Crippen LogP contribution in [0.25, 0.3) is 0 Å². The lowest BCUT2D eigenvalue weighted by atomic mass is 9.62. The van der Waals surface area contributed by atoms with E-state index in [1.54, 1.807) is 30.2 Å². The van der Waals surface area contributed by atoms with Crippen LogP contribution in [-0.2, 0) is 4.79 Å². The van der Waals surface area contributed by atoms with E-state index in [0.717, 1.165) is 11.3 Å². The molecule has 0 aliphatic carbocycles. The molecule has 2 fully saturated rings. The van der Waals surface area contributed by atoms with Gasteiger partial charge < -0.3 is 19.9 Å². The summed E-state index contributed by atoms with van der Waals surface area (Å²) in [6.07, 6.45) is 1.21. The van der Waals surface area contributed by atoms with Crippen LogP contribution in [0.3, 0.4) is 0 Å². The summed E-state index contributed by atoms with van der Waals surface area (Å²) in [5, 5.41) is 3.42. The first-order valence-electron chi connectivity index (χ1n) is 11.4. The number of hydrogen-bond donors (Lipinski definition) is 1. The standard InChI is InChI=1S/C27H26ClN3O3/c1-34-23-13-12-20(28)18-22(23)29-26(33)30-16-14-27(15-17-30)24(19-8-4-2-5-9-19)31(25(27)32)21-10-6-3-7-11-21/h2-13,18,24H,14-17H2,1H3,(H,29,33). The van der Waals surface area contributed by atoms with Crippen molar-refractivity contribution in [3.05, 3.63) is 89.4 Å². The van der Waals surface area contributed by atoms with Crippen LogP contribution in [0.5, 0.6) is 5.75 Å². The monoisotopic (exact) mass is 475 g/mol. The molecular weight excluding hydrogens is 450 g/mol. The number of nitrogens with one attached hydrogen (secondary N) is 1. The molecule has 3 aromatic carbocycles. The van der Waals surface area contributed by atoms with E-state index in [1.807, 2.05) is 53.4 Å². The van der Waals surface area contributed by atoms with Gasteiger partial charge in [-0.2, -0.15) is 0 Å². The first-order valence-corrected chi connectivity index (χ1v) is 11.7. The van der Waals surface area contributed by atoms with E-state index in [9.17, 15) is 9.59 Å². The van der Waals surface area contributed by atoms with Crippen molar-refractivity contribution in [1.82, 2.24) is 4.90 Å². The summed E-state index contributed by atoms with van der Waals surface area (Å²) in [6.45, 7) is 0.985. The number of ether oxygens (including phenoxy) is 1. The van der Waals surface area contributed by atoms with E-state index < -0.39 is 5.41 Å². The van der Waals surface area contributed by atoms with Gasteiger partial charge >= 0.3 is 6.03 Å². The molecule has 0 bridgehead atoms. The second-order valence-corrected chi connectivity index (χ2v) is 9.18. The van der Waals surface area contributed by atoms with Crippen molar-refractivity contribution in [1.29, 1.82) is 0 Å². The van der Waals surface area contributed by atoms with Crippen molar-refractivity contribution >= 4 is 34.9 Å². The minimum atomic E-state index is -0.512. The molecule has 0 aromatic heterocycles. The number of anilines is 2. The number of likely N-dealkylation sites (tertiary alicyclic amines) is 1. The van der Waals surface area contributed by atoms with Crippen molar-refractivity contribution in [2.75, 3.05) is 30.4 Å². The fourth-order valence-corrected chi connectivity index (χ4v) is 5.35. The molecule has 0 saturated carbocycles. The Balaban J connectivity index is 1.35. The highest BCUT2D eigenvalue weighted by Gasteiger charge is 2.62. The molecule has 7 heteroatoms. The normalized spacial score (nSPS) is 19.0. The molecule has 5 rings (SSSR count). The average molecular weight is 476 g/mol. The van der Waals surface area contributed by atoms with Crippen molar-refractivity contribution < 1.29 is 14.3 Å². The average Bonchev–Trinajstić information content (AvgIpc) is 2.88. The molecule has 174 valence electrons. The summed E-state index contributed by atoms with van der Waals surface area (Å²) in [6, 6.07) is 24.8. The van der Waals surface area contributed by atoms with Gasteiger partial charge in [-0.05, 0) is 48.7 Å². The third kappa shape index (κ3) is 3.78. The highest BCUT2D eigenvalue weighted by Crippen LogP contribution is 2.57. The molecule has 3 aromatic rings. The number of hydrogen-bond acceptors (Lipinski definition) is 3. The maximum Gasteiger partial charge on any atom is 0.321 e. The van der Waals surface area contributed by atoms with Gasteiger partial charge in [0.1, 0.15) is 5.75 Å². The van der Waals surface area contributed by atoms with E-state index in [1.165, 1.54) is 0 Å². The molecule has 6 nitrogen and oxygen atoms in total. The number of rotatable bonds is 4. The Labute approximate surface area is 204 Å². The Hall–Kier alpha value is -3.51. The summed E-state index contributed by atoms with van der Waals surface area (Å²) >= 11 is 6.10. The van der Waals surface area contributed by atoms with Crippen LogP contribution in [0.4, 0.5) is 16.2 Å². The van der Waals surface area contributed by atoms with Gasteiger partial charge in [0.25, 0.3) is 0 Å². The number of carbonyl (C=O) groups excluding carboxylic acids is 2. The summed E-state index contributed by atoms with van der Waals surface area (Å²) < 4.78 is 5.34. The lowest BCUT2D eigenvalue weighted by Crippen LogP contribution is -2.67. The van der Waals surface area contributed by atoms with Gasteiger partial charge in [0.2, 0.25) is 5.91 Å². The number of para-hydroxylation sites is 1. The van der Waals surface area contributed by atoms with E-state index in [-0.39, 0.29) is 18.0 Å². The van der Waals surface area contributed by atoms with Crippen molar-refractivity contribution in [3.63, 3.8) is 0 Å². The van der Waals surface area contributed by atoms with Crippen LogP contribution < -0.4 is 15.0 Å². The molecule has 1 atom stereocenters. The summed E-state index contributed by atoms with van der Waals surface area (Å²) in [7, 11) is 1.55. The van der Waals surface area contributed by atoms with Crippen LogP contribution in [-0.4, -0.2) is 37.0 Å². The van der Waals surface area contributed by atoms with Crippen LogP contribution in [0.1, 0.15) is 24.4 Å². The molecule has 1 unspecified atom stereocenters. The van der Waals surface area contributed by atoms with Gasteiger partial charge in [0.15, 0.2) is 0 Å². The molecule has 3 amide bonds. The number of urea groups is 1. The van der Waals surface area contributed by atoms with Crippen molar-refractivity contribution in [3.8, 4) is 5.75 Å². The molecular formula is C27H26ClN3O3. The molecule has 1 N–H and O–H groups in total. The van der Waals surface area contributed by atoms with E-state index >= 15 is 0 Å². The predicted octanol–water partition coefficient (Wildman–Crippen LogP) is 5.75. The van der Waals surface area contributed by atoms with Gasteiger partial charge in [0, 0.05) is 23.8 Å². The lowest BCUT2D eigenvalue weighted by molar-refractivity contribution is -0.144. The first-order chi connectivity index (χ1) is 16.5. The Morgan fingerprint density at radius 3 is 2.29 bits per heavy atom. The molecule has 2 aliphatic heterocycles. The Kier molecular flexibility index (Phi) is 5.92. The van der Waals surface area contributed by atoms with Crippen LogP contribution in [0.2, 0.25) is 5.02 Å². The van der Waals surface area contributed by atoms with E-state index in [2.05, 4.69) is 17.4 Å². The van der Waals surface area contributed by atoms with Crippen LogP contribution >= 0.6 is 11.6 Å². The predicted molar refractivity (Wildman–Crippen MR) is 133 cm³/mol. The number of benzene rings is 3. The number of piperidine rings is 1. The quantitative estimate of drug-likeness (QED) is 0.488. The Morgan fingerprint density at radius 2 is 1.65 bits per heavy atom. The van der Waals surface area contributed by atoms with Gasteiger partial charge in [0.05, 0.1) is 24.3 Å². The minimum Gasteiger partial charge on any atom is -0.495 e. The molecule has 2 aliphatic rings. The molecule has 0 radical (unpaired) electrons. The fourth-order valence-electron chi connectivity index (χ4n) is 5.18. The van der Waals surface area contributed by atoms with Gasteiger partial charge in [-0.1, -0.05) is 60.1 Å². The van der Waals surface area contributed by atoms with Gasteiger partial charge in [-0.3, -0.25) is 4.79 Å². The number of nitrogens with zero attached hydrogens (tertiary/aromatic N) is 2. The number of carbonyl (C=O) groups is 2.